The van der Waals surface area contributed by atoms with E-state index in [0.29, 0.717) is 22.6 Å². The number of rotatable bonds is 4. The first-order chi connectivity index (χ1) is 13.2. The van der Waals surface area contributed by atoms with E-state index in [1.165, 1.54) is 24.5 Å². The SMILES string of the molecule is Cc1ccc(NC(=O)c2cncc(Nc3ccc(C(F)(F)F)cc3)c2)c(C)c1. The lowest BCUT2D eigenvalue weighted by atomic mass is 10.1. The van der Waals surface area contributed by atoms with Gasteiger partial charge in [0, 0.05) is 17.6 Å². The predicted octanol–water partition coefficient (Wildman–Crippen LogP) is 5.71. The zero-order valence-corrected chi connectivity index (χ0v) is 15.3. The lowest BCUT2D eigenvalue weighted by Gasteiger charge is -2.11. The molecule has 4 nitrogen and oxygen atoms in total. The van der Waals surface area contributed by atoms with Gasteiger partial charge in [0.15, 0.2) is 0 Å². The van der Waals surface area contributed by atoms with Gasteiger partial charge in [-0.15, -0.1) is 0 Å². The Morgan fingerprint density at radius 2 is 1.64 bits per heavy atom. The molecule has 0 aliphatic heterocycles. The van der Waals surface area contributed by atoms with Crippen molar-refractivity contribution in [3.8, 4) is 0 Å². The summed E-state index contributed by atoms with van der Waals surface area (Å²) in [5.74, 6) is -0.324. The van der Waals surface area contributed by atoms with Gasteiger partial charge < -0.3 is 10.6 Å². The molecule has 3 rings (SSSR count). The Labute approximate surface area is 160 Å². The third-order valence-electron chi connectivity index (χ3n) is 4.13. The van der Waals surface area contributed by atoms with Crippen LogP contribution >= 0.6 is 0 Å². The highest BCUT2D eigenvalue weighted by molar-refractivity contribution is 6.05. The normalized spacial score (nSPS) is 11.2. The number of alkyl halides is 3. The van der Waals surface area contributed by atoms with Gasteiger partial charge in [-0.05, 0) is 55.8 Å². The van der Waals surface area contributed by atoms with Gasteiger partial charge in [0.2, 0.25) is 0 Å². The molecule has 144 valence electrons. The first kappa shape index (κ1) is 19.4. The minimum absolute atomic E-state index is 0.324. The number of nitrogens with zero attached hydrogens (tertiary/aromatic N) is 1. The molecule has 7 heteroatoms. The molecule has 0 radical (unpaired) electrons. The molecule has 2 N–H and O–H groups in total. The maximum atomic E-state index is 12.6. The second kappa shape index (κ2) is 7.72. The predicted molar refractivity (Wildman–Crippen MR) is 103 cm³/mol. The summed E-state index contributed by atoms with van der Waals surface area (Å²) in [5.41, 5.74) is 3.31. The van der Waals surface area contributed by atoms with Gasteiger partial charge in [-0.25, -0.2) is 0 Å². The van der Waals surface area contributed by atoms with Crippen molar-refractivity contribution in [3.05, 3.63) is 83.2 Å². The first-order valence-corrected chi connectivity index (χ1v) is 8.50. The molecule has 0 fully saturated rings. The Morgan fingerprint density at radius 3 is 2.29 bits per heavy atom. The highest BCUT2D eigenvalue weighted by Gasteiger charge is 2.29. The van der Waals surface area contributed by atoms with Crippen molar-refractivity contribution in [1.82, 2.24) is 4.98 Å². The second-order valence-electron chi connectivity index (χ2n) is 6.43. The van der Waals surface area contributed by atoms with E-state index < -0.39 is 11.7 Å². The highest BCUT2D eigenvalue weighted by Crippen LogP contribution is 2.30. The topological polar surface area (TPSA) is 54.0 Å². The molecule has 28 heavy (non-hydrogen) atoms. The lowest BCUT2D eigenvalue weighted by molar-refractivity contribution is -0.137. The first-order valence-electron chi connectivity index (χ1n) is 8.50. The summed E-state index contributed by atoms with van der Waals surface area (Å²) in [5, 5.41) is 5.79. The summed E-state index contributed by atoms with van der Waals surface area (Å²) in [6, 6.07) is 11.9. The van der Waals surface area contributed by atoms with Crippen molar-refractivity contribution in [2.24, 2.45) is 0 Å². The molecular formula is C21H18F3N3O. The Kier molecular flexibility index (Phi) is 5.35. The van der Waals surface area contributed by atoms with E-state index in [4.69, 9.17) is 0 Å². The molecule has 0 saturated heterocycles. The number of carbonyl (C=O) groups is 1. The van der Waals surface area contributed by atoms with E-state index in [1.807, 2.05) is 32.0 Å². The summed E-state index contributed by atoms with van der Waals surface area (Å²) in [6.45, 7) is 3.88. The van der Waals surface area contributed by atoms with E-state index in [2.05, 4.69) is 15.6 Å². The molecule has 1 heterocycles. The zero-order valence-electron chi connectivity index (χ0n) is 15.3. The zero-order chi connectivity index (χ0) is 20.3. The molecule has 3 aromatic rings. The third kappa shape index (κ3) is 4.68. The summed E-state index contributed by atoms with van der Waals surface area (Å²) in [6.07, 6.45) is -1.46. The van der Waals surface area contributed by atoms with Crippen molar-refractivity contribution in [3.63, 3.8) is 0 Å². The fourth-order valence-electron chi connectivity index (χ4n) is 2.69. The summed E-state index contributed by atoms with van der Waals surface area (Å²) in [4.78, 5) is 16.5. The molecule has 0 aliphatic rings. The third-order valence-corrected chi connectivity index (χ3v) is 4.13. The van der Waals surface area contributed by atoms with Gasteiger partial charge in [-0.2, -0.15) is 13.2 Å². The number of pyridine rings is 1. The van der Waals surface area contributed by atoms with Crippen molar-refractivity contribution in [1.29, 1.82) is 0 Å². The molecule has 0 atom stereocenters. The van der Waals surface area contributed by atoms with E-state index in [1.54, 1.807) is 6.07 Å². The van der Waals surface area contributed by atoms with Gasteiger partial charge in [-0.3, -0.25) is 9.78 Å². The van der Waals surface area contributed by atoms with Crippen LogP contribution in [0.2, 0.25) is 0 Å². The molecule has 0 unspecified atom stereocenters. The maximum Gasteiger partial charge on any atom is 0.416 e. The Bertz CT molecular complexity index is 999. The maximum absolute atomic E-state index is 12.6. The molecule has 0 aliphatic carbocycles. The quantitative estimate of drug-likeness (QED) is 0.605. The van der Waals surface area contributed by atoms with Crippen LogP contribution in [0.3, 0.4) is 0 Å². The van der Waals surface area contributed by atoms with Crippen LogP contribution in [0.25, 0.3) is 0 Å². The number of aryl methyl sites for hydroxylation is 2. The summed E-state index contributed by atoms with van der Waals surface area (Å²) >= 11 is 0. The van der Waals surface area contributed by atoms with Gasteiger partial charge in [-0.1, -0.05) is 17.7 Å². The molecular weight excluding hydrogens is 367 g/mol. The van der Waals surface area contributed by atoms with E-state index >= 15 is 0 Å². The van der Waals surface area contributed by atoms with Crippen molar-refractivity contribution in [2.45, 2.75) is 20.0 Å². The minimum atomic E-state index is -4.38. The van der Waals surface area contributed by atoms with Crippen LogP contribution in [0.4, 0.5) is 30.2 Å². The number of carbonyl (C=O) groups excluding carboxylic acids is 1. The van der Waals surface area contributed by atoms with E-state index in [-0.39, 0.29) is 5.91 Å². The van der Waals surface area contributed by atoms with Gasteiger partial charge in [0.1, 0.15) is 0 Å². The van der Waals surface area contributed by atoms with Crippen molar-refractivity contribution >= 4 is 23.0 Å². The van der Waals surface area contributed by atoms with Crippen molar-refractivity contribution < 1.29 is 18.0 Å². The second-order valence-corrected chi connectivity index (χ2v) is 6.43. The highest BCUT2D eigenvalue weighted by atomic mass is 19.4. The Balaban J connectivity index is 1.73. The van der Waals surface area contributed by atoms with Crippen LogP contribution in [0.5, 0.6) is 0 Å². The number of amides is 1. The fraction of sp³-hybridized carbons (Fsp3) is 0.143. The van der Waals surface area contributed by atoms with Crippen LogP contribution in [0.1, 0.15) is 27.0 Å². The van der Waals surface area contributed by atoms with Crippen LogP contribution in [0.15, 0.2) is 60.9 Å². The average molecular weight is 385 g/mol. The van der Waals surface area contributed by atoms with Gasteiger partial charge in [0.25, 0.3) is 5.91 Å². The Morgan fingerprint density at radius 1 is 0.929 bits per heavy atom. The van der Waals surface area contributed by atoms with E-state index in [9.17, 15) is 18.0 Å². The van der Waals surface area contributed by atoms with Crippen molar-refractivity contribution in [2.75, 3.05) is 10.6 Å². The standard InChI is InChI=1S/C21H18F3N3O/c1-13-3-8-19(14(2)9-13)27-20(28)15-10-18(12-25-11-15)26-17-6-4-16(5-7-17)21(22,23)24/h3-12,26H,1-2H3,(H,27,28). The molecule has 0 bridgehead atoms. The number of nitrogens with one attached hydrogen (secondary N) is 2. The Hall–Kier alpha value is -3.35. The number of anilines is 3. The van der Waals surface area contributed by atoms with Gasteiger partial charge in [0.05, 0.1) is 23.0 Å². The van der Waals surface area contributed by atoms with Crippen LogP contribution in [0, 0.1) is 13.8 Å². The average Bonchev–Trinajstić information content (AvgIpc) is 2.64. The minimum Gasteiger partial charge on any atom is -0.354 e. The summed E-state index contributed by atoms with van der Waals surface area (Å²) < 4.78 is 37.9. The smallest absolute Gasteiger partial charge is 0.354 e. The van der Waals surface area contributed by atoms with Crippen LogP contribution in [-0.4, -0.2) is 10.9 Å². The lowest BCUT2D eigenvalue weighted by Crippen LogP contribution is -2.13. The van der Waals surface area contributed by atoms with Crippen LogP contribution < -0.4 is 10.6 Å². The number of hydrogen-bond acceptors (Lipinski definition) is 3. The molecule has 1 amide bonds. The fourth-order valence-corrected chi connectivity index (χ4v) is 2.69. The molecule has 0 spiro atoms. The van der Waals surface area contributed by atoms with Crippen LogP contribution in [-0.2, 0) is 6.18 Å². The molecule has 1 aromatic heterocycles. The number of benzene rings is 2. The molecule has 0 saturated carbocycles. The number of aromatic nitrogens is 1. The molecule has 2 aromatic carbocycles. The number of hydrogen-bond donors (Lipinski definition) is 2. The van der Waals surface area contributed by atoms with E-state index in [0.717, 1.165) is 23.3 Å². The number of halogens is 3. The monoisotopic (exact) mass is 385 g/mol. The van der Waals surface area contributed by atoms with Gasteiger partial charge >= 0.3 is 6.18 Å². The summed E-state index contributed by atoms with van der Waals surface area (Å²) in [7, 11) is 0. The largest absolute Gasteiger partial charge is 0.416 e.